The molecule has 3 nitrogen and oxygen atoms in total. The standard InChI is InChI=1S/C15H24N2O/c1-11(2)18-15-14(8-5-9-16-15)17-12(3)10-13-6-4-7-13/h5,8-9,11-13,17H,4,6-7,10H2,1-3H3. The van der Waals surface area contributed by atoms with Crippen LogP contribution in [0.3, 0.4) is 0 Å². The van der Waals surface area contributed by atoms with Crippen molar-refractivity contribution in [3.63, 3.8) is 0 Å². The van der Waals surface area contributed by atoms with Gasteiger partial charge in [-0.3, -0.25) is 0 Å². The molecule has 1 atom stereocenters. The summed E-state index contributed by atoms with van der Waals surface area (Å²) >= 11 is 0. The second kappa shape index (κ2) is 6.07. The molecule has 1 aromatic heterocycles. The van der Waals surface area contributed by atoms with E-state index in [2.05, 4.69) is 17.2 Å². The van der Waals surface area contributed by atoms with E-state index in [-0.39, 0.29) is 6.10 Å². The molecule has 0 aromatic carbocycles. The third-order valence-electron chi connectivity index (χ3n) is 3.43. The maximum absolute atomic E-state index is 5.72. The van der Waals surface area contributed by atoms with E-state index in [4.69, 9.17) is 4.74 Å². The fourth-order valence-electron chi connectivity index (χ4n) is 2.37. The molecule has 0 aliphatic heterocycles. The molecule has 1 N–H and O–H groups in total. The first-order chi connectivity index (χ1) is 8.65. The fourth-order valence-corrected chi connectivity index (χ4v) is 2.37. The molecule has 1 aliphatic rings. The average molecular weight is 248 g/mol. The van der Waals surface area contributed by atoms with Crippen molar-refractivity contribution in [2.75, 3.05) is 5.32 Å². The minimum atomic E-state index is 0.155. The molecule has 0 radical (unpaired) electrons. The summed E-state index contributed by atoms with van der Waals surface area (Å²) in [5.74, 6) is 1.63. The van der Waals surface area contributed by atoms with Crippen LogP contribution in [-0.2, 0) is 0 Å². The van der Waals surface area contributed by atoms with Gasteiger partial charge in [-0.05, 0) is 45.2 Å². The predicted octanol–water partition coefficient (Wildman–Crippen LogP) is 3.86. The second-order valence-corrected chi connectivity index (χ2v) is 5.60. The highest BCUT2D eigenvalue weighted by molar-refractivity contribution is 5.52. The Kier molecular flexibility index (Phi) is 4.45. The van der Waals surface area contributed by atoms with Gasteiger partial charge in [0.1, 0.15) is 0 Å². The van der Waals surface area contributed by atoms with Crippen molar-refractivity contribution < 1.29 is 4.74 Å². The molecule has 0 bridgehead atoms. The lowest BCUT2D eigenvalue weighted by atomic mass is 9.81. The van der Waals surface area contributed by atoms with Gasteiger partial charge in [0.2, 0.25) is 5.88 Å². The van der Waals surface area contributed by atoms with E-state index >= 15 is 0 Å². The molecule has 1 saturated carbocycles. The van der Waals surface area contributed by atoms with Gasteiger partial charge < -0.3 is 10.1 Å². The number of pyridine rings is 1. The summed E-state index contributed by atoms with van der Waals surface area (Å²) in [5.41, 5.74) is 1.01. The minimum Gasteiger partial charge on any atom is -0.473 e. The van der Waals surface area contributed by atoms with Crippen LogP contribution in [0.5, 0.6) is 5.88 Å². The zero-order chi connectivity index (χ0) is 13.0. The van der Waals surface area contributed by atoms with Gasteiger partial charge in [-0.1, -0.05) is 19.3 Å². The predicted molar refractivity (Wildman–Crippen MR) is 75.0 cm³/mol. The Morgan fingerprint density at radius 1 is 1.39 bits per heavy atom. The topological polar surface area (TPSA) is 34.2 Å². The minimum absolute atomic E-state index is 0.155. The van der Waals surface area contributed by atoms with Gasteiger partial charge in [0.25, 0.3) is 0 Å². The Hall–Kier alpha value is -1.25. The molecular formula is C15H24N2O. The molecule has 1 aliphatic carbocycles. The molecule has 18 heavy (non-hydrogen) atoms. The number of rotatable bonds is 6. The molecule has 0 amide bonds. The third kappa shape index (κ3) is 3.62. The SMILES string of the molecule is CC(CC1CCC1)Nc1cccnc1OC(C)C. The first kappa shape index (κ1) is 13.2. The fraction of sp³-hybridized carbons (Fsp3) is 0.667. The summed E-state index contributed by atoms with van der Waals surface area (Å²) < 4.78 is 5.72. The number of nitrogens with zero attached hydrogens (tertiary/aromatic N) is 1. The van der Waals surface area contributed by atoms with Crippen LogP contribution in [0.1, 0.15) is 46.5 Å². The Morgan fingerprint density at radius 3 is 2.78 bits per heavy atom. The number of nitrogens with one attached hydrogen (secondary N) is 1. The lowest BCUT2D eigenvalue weighted by Crippen LogP contribution is -2.23. The van der Waals surface area contributed by atoms with Gasteiger partial charge in [-0.25, -0.2) is 4.98 Å². The Morgan fingerprint density at radius 2 is 2.17 bits per heavy atom. The van der Waals surface area contributed by atoms with Crippen LogP contribution in [0, 0.1) is 5.92 Å². The summed E-state index contributed by atoms with van der Waals surface area (Å²) in [6.45, 7) is 6.29. The molecule has 1 unspecified atom stereocenters. The van der Waals surface area contributed by atoms with Crippen molar-refractivity contribution in [3.8, 4) is 5.88 Å². The molecule has 0 spiro atoms. The van der Waals surface area contributed by atoms with E-state index < -0.39 is 0 Å². The van der Waals surface area contributed by atoms with Crippen LogP contribution in [0.4, 0.5) is 5.69 Å². The molecule has 3 heteroatoms. The van der Waals surface area contributed by atoms with E-state index in [1.165, 1.54) is 25.7 Å². The van der Waals surface area contributed by atoms with E-state index in [0.29, 0.717) is 11.9 Å². The van der Waals surface area contributed by atoms with Crippen LogP contribution in [0.15, 0.2) is 18.3 Å². The van der Waals surface area contributed by atoms with Crippen molar-refractivity contribution in [2.45, 2.75) is 58.6 Å². The Balaban J connectivity index is 1.94. The largest absolute Gasteiger partial charge is 0.473 e. The van der Waals surface area contributed by atoms with Gasteiger partial charge in [-0.2, -0.15) is 0 Å². The molecule has 1 heterocycles. The van der Waals surface area contributed by atoms with Crippen LogP contribution in [0.2, 0.25) is 0 Å². The maximum atomic E-state index is 5.72. The van der Waals surface area contributed by atoms with E-state index in [9.17, 15) is 0 Å². The first-order valence-corrected chi connectivity index (χ1v) is 7.03. The number of ether oxygens (including phenoxy) is 1. The quantitative estimate of drug-likeness (QED) is 0.830. The van der Waals surface area contributed by atoms with Crippen molar-refractivity contribution in [1.29, 1.82) is 0 Å². The van der Waals surface area contributed by atoms with Crippen LogP contribution in [-0.4, -0.2) is 17.1 Å². The van der Waals surface area contributed by atoms with Gasteiger partial charge in [0, 0.05) is 12.2 Å². The highest BCUT2D eigenvalue weighted by Crippen LogP contribution is 2.32. The highest BCUT2D eigenvalue weighted by Gasteiger charge is 2.20. The smallest absolute Gasteiger partial charge is 0.237 e. The van der Waals surface area contributed by atoms with Crippen LogP contribution < -0.4 is 10.1 Å². The van der Waals surface area contributed by atoms with E-state index in [1.54, 1.807) is 6.20 Å². The Bertz CT molecular complexity index is 375. The lowest BCUT2D eigenvalue weighted by Gasteiger charge is -2.29. The summed E-state index contributed by atoms with van der Waals surface area (Å²) in [6, 6.07) is 4.47. The first-order valence-electron chi connectivity index (χ1n) is 7.03. The zero-order valence-electron chi connectivity index (χ0n) is 11.6. The van der Waals surface area contributed by atoms with Crippen molar-refractivity contribution in [1.82, 2.24) is 4.98 Å². The van der Waals surface area contributed by atoms with Gasteiger partial charge in [0.05, 0.1) is 11.8 Å². The highest BCUT2D eigenvalue weighted by atomic mass is 16.5. The normalized spacial score (nSPS) is 17.3. The maximum Gasteiger partial charge on any atom is 0.237 e. The number of hydrogen-bond donors (Lipinski definition) is 1. The number of hydrogen-bond acceptors (Lipinski definition) is 3. The Labute approximate surface area is 110 Å². The van der Waals surface area contributed by atoms with Crippen molar-refractivity contribution in [3.05, 3.63) is 18.3 Å². The molecular weight excluding hydrogens is 224 g/mol. The van der Waals surface area contributed by atoms with Crippen LogP contribution in [0.25, 0.3) is 0 Å². The molecule has 0 saturated heterocycles. The summed E-state index contributed by atoms with van der Waals surface area (Å²) in [7, 11) is 0. The van der Waals surface area contributed by atoms with E-state index in [0.717, 1.165) is 11.6 Å². The van der Waals surface area contributed by atoms with Gasteiger partial charge >= 0.3 is 0 Å². The van der Waals surface area contributed by atoms with Crippen LogP contribution >= 0.6 is 0 Å². The summed E-state index contributed by atoms with van der Waals surface area (Å²) in [4.78, 5) is 4.30. The molecule has 1 aromatic rings. The monoisotopic (exact) mass is 248 g/mol. The molecule has 100 valence electrons. The van der Waals surface area contributed by atoms with Gasteiger partial charge in [-0.15, -0.1) is 0 Å². The molecule has 2 rings (SSSR count). The van der Waals surface area contributed by atoms with Crippen molar-refractivity contribution >= 4 is 5.69 Å². The number of anilines is 1. The van der Waals surface area contributed by atoms with E-state index in [1.807, 2.05) is 26.0 Å². The molecule has 1 fully saturated rings. The second-order valence-electron chi connectivity index (χ2n) is 5.60. The zero-order valence-corrected chi connectivity index (χ0v) is 11.6. The summed E-state index contributed by atoms with van der Waals surface area (Å²) in [5, 5.41) is 3.53. The third-order valence-corrected chi connectivity index (χ3v) is 3.43. The average Bonchev–Trinajstić information content (AvgIpc) is 2.26. The summed E-state index contributed by atoms with van der Waals surface area (Å²) in [6.07, 6.45) is 7.38. The van der Waals surface area contributed by atoms with Crippen molar-refractivity contribution in [2.24, 2.45) is 5.92 Å². The van der Waals surface area contributed by atoms with Gasteiger partial charge in [0.15, 0.2) is 0 Å². The lowest BCUT2D eigenvalue weighted by molar-refractivity contribution is 0.233. The number of aromatic nitrogens is 1.